The standard InChI is InChI=1S/C27H27IN2O4S/c1-17-15-29(12-13-34-17)22-10-8-19(9-11-22)25(31)30(28)26-24(27(32)33)23(16-35-26)21-7-6-18-4-2-3-5-20(18)14-21/h2-5,8-11,16-17,21H,6-7,12-15H2,1H3,(H,32,33)/t17-,21?/m0/s1. The number of thiophene rings is 1. The first-order chi connectivity index (χ1) is 16.9. The van der Waals surface area contributed by atoms with Gasteiger partial charge in [0.15, 0.2) is 0 Å². The number of nitrogens with zero attached hydrogens (tertiary/aromatic N) is 2. The Labute approximate surface area is 223 Å². The van der Waals surface area contributed by atoms with Gasteiger partial charge in [-0.1, -0.05) is 24.3 Å². The van der Waals surface area contributed by atoms with E-state index in [1.165, 1.54) is 25.6 Å². The fourth-order valence-corrected chi connectivity index (χ4v) is 6.97. The number of morpholine rings is 1. The van der Waals surface area contributed by atoms with Crippen molar-refractivity contribution in [3.8, 4) is 0 Å². The number of rotatable bonds is 5. The molecule has 8 heteroatoms. The fourth-order valence-electron chi connectivity index (χ4n) is 5.06. The van der Waals surface area contributed by atoms with Crippen molar-refractivity contribution in [2.75, 3.05) is 27.7 Å². The number of hydrogen-bond donors (Lipinski definition) is 1. The van der Waals surface area contributed by atoms with Crippen LogP contribution in [0.15, 0.2) is 53.9 Å². The molecule has 1 aromatic heterocycles. The minimum Gasteiger partial charge on any atom is -0.478 e. The zero-order valence-corrected chi connectivity index (χ0v) is 22.4. The van der Waals surface area contributed by atoms with Gasteiger partial charge < -0.3 is 14.7 Å². The van der Waals surface area contributed by atoms with Crippen LogP contribution in [0.25, 0.3) is 0 Å². The van der Waals surface area contributed by atoms with Crippen LogP contribution in [0.1, 0.15) is 56.7 Å². The summed E-state index contributed by atoms with van der Waals surface area (Å²) in [7, 11) is 0. The number of benzene rings is 2. The first kappa shape index (κ1) is 24.3. The van der Waals surface area contributed by atoms with E-state index in [0.29, 0.717) is 17.2 Å². The number of ether oxygens (including phenoxy) is 1. The highest BCUT2D eigenvalue weighted by Crippen LogP contribution is 2.42. The van der Waals surface area contributed by atoms with Gasteiger partial charge in [-0.2, -0.15) is 0 Å². The number of carbonyl (C=O) groups excluding carboxylic acids is 1. The molecule has 6 nitrogen and oxygen atoms in total. The highest BCUT2D eigenvalue weighted by molar-refractivity contribution is 14.1. The van der Waals surface area contributed by atoms with Gasteiger partial charge >= 0.3 is 5.97 Å². The molecule has 1 aliphatic carbocycles. The molecule has 5 rings (SSSR count). The average molecular weight is 602 g/mol. The second-order valence-corrected chi connectivity index (χ2v) is 11.0. The van der Waals surface area contributed by atoms with Crippen molar-refractivity contribution in [2.45, 2.75) is 38.2 Å². The van der Waals surface area contributed by atoms with Crippen LogP contribution in [0.2, 0.25) is 0 Å². The summed E-state index contributed by atoms with van der Waals surface area (Å²) in [5.41, 5.74) is 5.29. The van der Waals surface area contributed by atoms with E-state index in [9.17, 15) is 14.7 Å². The normalized spacial score (nSPS) is 19.8. The molecule has 182 valence electrons. The molecule has 1 aliphatic heterocycles. The highest BCUT2D eigenvalue weighted by atomic mass is 127. The van der Waals surface area contributed by atoms with E-state index < -0.39 is 5.97 Å². The molecule has 1 amide bonds. The Bertz CT molecular complexity index is 1240. The molecule has 1 unspecified atom stereocenters. The molecule has 2 aliphatic rings. The van der Waals surface area contributed by atoms with Crippen LogP contribution in [0, 0.1) is 0 Å². The van der Waals surface area contributed by atoms with Crippen molar-refractivity contribution in [3.63, 3.8) is 0 Å². The van der Waals surface area contributed by atoms with Crippen LogP contribution in [0.4, 0.5) is 10.7 Å². The highest BCUT2D eigenvalue weighted by Gasteiger charge is 2.31. The lowest BCUT2D eigenvalue weighted by atomic mass is 9.80. The van der Waals surface area contributed by atoms with E-state index in [1.807, 2.05) is 58.6 Å². The molecule has 0 bridgehead atoms. The van der Waals surface area contributed by atoms with Crippen LogP contribution < -0.4 is 8.01 Å². The number of carboxylic acid groups (broad SMARTS) is 1. The molecule has 2 aromatic carbocycles. The van der Waals surface area contributed by atoms with Gasteiger partial charge in [-0.05, 0) is 78.4 Å². The zero-order chi connectivity index (χ0) is 24.5. The second kappa shape index (κ2) is 10.3. The number of fused-ring (bicyclic) bond motifs is 1. The molecule has 2 atom stereocenters. The van der Waals surface area contributed by atoms with Crippen LogP contribution in [0.3, 0.4) is 0 Å². The van der Waals surface area contributed by atoms with Gasteiger partial charge in [0.1, 0.15) is 5.00 Å². The monoisotopic (exact) mass is 602 g/mol. The van der Waals surface area contributed by atoms with E-state index in [4.69, 9.17) is 4.74 Å². The summed E-state index contributed by atoms with van der Waals surface area (Å²) in [6, 6.07) is 15.9. The first-order valence-electron chi connectivity index (χ1n) is 11.8. The molecular weight excluding hydrogens is 575 g/mol. The summed E-state index contributed by atoms with van der Waals surface area (Å²) in [5.74, 6) is -1.07. The van der Waals surface area contributed by atoms with Gasteiger partial charge in [-0.3, -0.25) is 4.79 Å². The SMILES string of the molecule is C[C@H]1CN(c2ccc(C(=O)N(I)c3scc(C4CCc5ccccc5C4)c3C(=O)O)cc2)CCO1. The van der Waals surface area contributed by atoms with Gasteiger partial charge in [0.05, 0.1) is 41.1 Å². The quantitative estimate of drug-likeness (QED) is 0.289. The average Bonchev–Trinajstić information content (AvgIpc) is 3.33. The Morgan fingerprint density at radius 3 is 2.60 bits per heavy atom. The second-order valence-electron chi connectivity index (χ2n) is 9.15. The molecule has 0 radical (unpaired) electrons. The van der Waals surface area contributed by atoms with Gasteiger partial charge in [-0.15, -0.1) is 11.3 Å². The summed E-state index contributed by atoms with van der Waals surface area (Å²) in [5, 5.41) is 12.5. The van der Waals surface area contributed by atoms with Crippen molar-refractivity contribution >= 4 is 56.8 Å². The van der Waals surface area contributed by atoms with Crippen molar-refractivity contribution < 1.29 is 19.4 Å². The Hall–Kier alpha value is -2.43. The molecular formula is C27H27IN2O4S. The van der Waals surface area contributed by atoms with Gasteiger partial charge in [0.2, 0.25) is 0 Å². The molecule has 1 N–H and O–H groups in total. The molecule has 1 fully saturated rings. The summed E-state index contributed by atoms with van der Waals surface area (Å²) >= 11 is 3.27. The molecule has 3 aromatic rings. The van der Waals surface area contributed by atoms with E-state index in [1.54, 1.807) is 0 Å². The lowest BCUT2D eigenvalue weighted by Gasteiger charge is -2.33. The number of amides is 1. The van der Waals surface area contributed by atoms with Gasteiger partial charge in [-0.25, -0.2) is 7.91 Å². The first-order valence-corrected chi connectivity index (χ1v) is 13.6. The lowest BCUT2D eigenvalue weighted by Crippen LogP contribution is -2.41. The maximum Gasteiger partial charge on any atom is 0.339 e. The topological polar surface area (TPSA) is 70.1 Å². The Morgan fingerprint density at radius 2 is 1.89 bits per heavy atom. The molecule has 1 saturated heterocycles. The van der Waals surface area contributed by atoms with Crippen molar-refractivity contribution in [3.05, 3.63) is 81.7 Å². The third-order valence-electron chi connectivity index (χ3n) is 6.88. The Balaban J connectivity index is 1.37. The number of hydrogen-bond acceptors (Lipinski definition) is 5. The summed E-state index contributed by atoms with van der Waals surface area (Å²) in [6.07, 6.45) is 2.84. The minimum absolute atomic E-state index is 0.135. The Kier molecular flexibility index (Phi) is 7.13. The van der Waals surface area contributed by atoms with Gasteiger partial charge in [0.25, 0.3) is 5.91 Å². The number of carboxylic acids is 1. The fraction of sp³-hybridized carbons (Fsp3) is 0.333. The van der Waals surface area contributed by atoms with Crippen molar-refractivity contribution in [1.29, 1.82) is 0 Å². The number of halogens is 1. The molecule has 0 spiro atoms. The van der Waals surface area contributed by atoms with E-state index in [-0.39, 0.29) is 23.5 Å². The summed E-state index contributed by atoms with van der Waals surface area (Å²) < 4.78 is 7.07. The predicted molar refractivity (Wildman–Crippen MR) is 147 cm³/mol. The molecule has 2 heterocycles. The summed E-state index contributed by atoms with van der Waals surface area (Å²) in [6.45, 7) is 4.38. The third-order valence-corrected chi connectivity index (χ3v) is 9.11. The third kappa shape index (κ3) is 4.96. The number of carbonyl (C=O) groups is 2. The van der Waals surface area contributed by atoms with Crippen LogP contribution >= 0.6 is 34.2 Å². The maximum atomic E-state index is 13.3. The van der Waals surface area contributed by atoms with Crippen LogP contribution in [0.5, 0.6) is 0 Å². The number of anilines is 2. The largest absolute Gasteiger partial charge is 0.478 e. The van der Waals surface area contributed by atoms with Crippen molar-refractivity contribution in [1.82, 2.24) is 0 Å². The van der Waals surface area contributed by atoms with E-state index in [2.05, 4.69) is 30.0 Å². The smallest absolute Gasteiger partial charge is 0.339 e. The van der Waals surface area contributed by atoms with Crippen molar-refractivity contribution in [2.24, 2.45) is 0 Å². The lowest BCUT2D eigenvalue weighted by molar-refractivity contribution is 0.0532. The molecule has 0 saturated carbocycles. The van der Waals surface area contributed by atoms with E-state index >= 15 is 0 Å². The van der Waals surface area contributed by atoms with Gasteiger partial charge in [0, 0.05) is 24.3 Å². The van der Waals surface area contributed by atoms with Crippen LogP contribution in [-0.4, -0.2) is 42.8 Å². The minimum atomic E-state index is -0.985. The predicted octanol–water partition coefficient (Wildman–Crippen LogP) is 5.94. The number of aryl methyl sites for hydroxylation is 1. The Morgan fingerprint density at radius 1 is 1.14 bits per heavy atom. The van der Waals surface area contributed by atoms with E-state index in [0.717, 1.165) is 43.6 Å². The molecule has 35 heavy (non-hydrogen) atoms. The number of aromatic carboxylic acids is 1. The maximum absolute atomic E-state index is 13.3. The zero-order valence-electron chi connectivity index (χ0n) is 19.4. The summed E-state index contributed by atoms with van der Waals surface area (Å²) in [4.78, 5) is 27.9. The van der Waals surface area contributed by atoms with Crippen LogP contribution in [-0.2, 0) is 17.6 Å².